The minimum absolute atomic E-state index is 0.109. The lowest BCUT2D eigenvalue weighted by atomic mass is 10.2. The number of benzene rings is 1. The van der Waals surface area contributed by atoms with Crippen LogP contribution >= 0.6 is 15.9 Å². The highest BCUT2D eigenvalue weighted by Crippen LogP contribution is 2.30. The van der Waals surface area contributed by atoms with Gasteiger partial charge in [0.15, 0.2) is 0 Å². The van der Waals surface area contributed by atoms with Crippen LogP contribution in [0.25, 0.3) is 10.9 Å². The fraction of sp³-hybridized carbons (Fsp3) is 0.308. The Kier molecular flexibility index (Phi) is 3.61. The van der Waals surface area contributed by atoms with Gasteiger partial charge in [-0.2, -0.15) is 0 Å². The van der Waals surface area contributed by atoms with Crippen LogP contribution < -0.4 is 10.1 Å². The number of hydrogen-bond donors (Lipinski definition) is 2. The summed E-state index contributed by atoms with van der Waals surface area (Å²) >= 11 is 3.41. The molecule has 4 nitrogen and oxygen atoms in total. The second kappa shape index (κ2) is 5.02. The van der Waals surface area contributed by atoms with E-state index in [9.17, 15) is 4.79 Å². The molecule has 0 fully saturated rings. The maximum absolute atomic E-state index is 11.9. The fourth-order valence-electron chi connectivity index (χ4n) is 1.80. The van der Waals surface area contributed by atoms with Crippen molar-refractivity contribution in [1.82, 2.24) is 10.3 Å². The van der Waals surface area contributed by atoms with Crippen molar-refractivity contribution in [3.63, 3.8) is 0 Å². The summed E-state index contributed by atoms with van der Waals surface area (Å²) in [4.78, 5) is 15.0. The zero-order valence-electron chi connectivity index (χ0n) is 10.5. The predicted octanol–water partition coefficient (Wildman–Crippen LogP) is 3.08. The van der Waals surface area contributed by atoms with Gasteiger partial charge in [0, 0.05) is 15.9 Å². The zero-order valence-corrected chi connectivity index (χ0v) is 12.1. The van der Waals surface area contributed by atoms with Crippen molar-refractivity contribution in [2.24, 2.45) is 0 Å². The lowest BCUT2D eigenvalue weighted by Crippen LogP contribution is -2.30. The first-order valence-corrected chi connectivity index (χ1v) is 6.47. The van der Waals surface area contributed by atoms with E-state index in [-0.39, 0.29) is 11.9 Å². The summed E-state index contributed by atoms with van der Waals surface area (Å²) in [6.07, 6.45) is 0. The monoisotopic (exact) mass is 310 g/mol. The van der Waals surface area contributed by atoms with Crippen molar-refractivity contribution in [2.45, 2.75) is 19.9 Å². The van der Waals surface area contributed by atoms with Crippen molar-refractivity contribution in [2.75, 3.05) is 7.11 Å². The molecule has 0 aliphatic carbocycles. The fourth-order valence-corrected chi connectivity index (χ4v) is 2.24. The minimum Gasteiger partial charge on any atom is -0.496 e. The van der Waals surface area contributed by atoms with Crippen LogP contribution in [-0.4, -0.2) is 24.0 Å². The molecule has 1 aromatic heterocycles. The van der Waals surface area contributed by atoms with Gasteiger partial charge in [-0.3, -0.25) is 4.79 Å². The van der Waals surface area contributed by atoms with E-state index in [2.05, 4.69) is 26.2 Å². The van der Waals surface area contributed by atoms with Crippen LogP contribution in [0.4, 0.5) is 0 Å². The van der Waals surface area contributed by atoms with Crippen LogP contribution in [0.1, 0.15) is 24.3 Å². The molecule has 0 unspecified atom stereocenters. The number of carbonyl (C=O) groups excluding carboxylic acids is 1. The summed E-state index contributed by atoms with van der Waals surface area (Å²) in [5.41, 5.74) is 1.41. The van der Waals surface area contributed by atoms with Crippen LogP contribution in [0, 0.1) is 0 Å². The molecule has 0 aliphatic rings. The Morgan fingerprint density at radius 1 is 1.39 bits per heavy atom. The highest BCUT2D eigenvalue weighted by molar-refractivity contribution is 9.10. The second-order valence-corrected chi connectivity index (χ2v) is 5.30. The summed E-state index contributed by atoms with van der Waals surface area (Å²) in [5.74, 6) is 0.624. The SMILES string of the molecule is COc1cc(Br)cc2[nH]c(C(=O)NC(C)C)cc12. The Bertz CT molecular complexity index is 590. The Morgan fingerprint density at radius 2 is 2.11 bits per heavy atom. The van der Waals surface area contributed by atoms with E-state index >= 15 is 0 Å². The number of H-pyrrole nitrogens is 1. The first-order chi connectivity index (χ1) is 8.51. The number of fused-ring (bicyclic) bond motifs is 1. The third kappa shape index (κ3) is 2.51. The molecule has 0 saturated carbocycles. The van der Waals surface area contributed by atoms with Crippen LogP contribution in [0.15, 0.2) is 22.7 Å². The lowest BCUT2D eigenvalue weighted by Gasteiger charge is -2.05. The Morgan fingerprint density at radius 3 is 2.72 bits per heavy atom. The number of rotatable bonds is 3. The number of hydrogen-bond acceptors (Lipinski definition) is 2. The molecular formula is C13H15BrN2O2. The molecule has 0 atom stereocenters. The van der Waals surface area contributed by atoms with Gasteiger partial charge in [-0.25, -0.2) is 0 Å². The number of aromatic nitrogens is 1. The predicted molar refractivity (Wildman–Crippen MR) is 75.2 cm³/mol. The van der Waals surface area contributed by atoms with Gasteiger partial charge >= 0.3 is 0 Å². The topological polar surface area (TPSA) is 54.1 Å². The van der Waals surface area contributed by atoms with E-state index in [1.807, 2.05) is 26.0 Å². The first kappa shape index (κ1) is 13.0. The van der Waals surface area contributed by atoms with Gasteiger partial charge in [0.25, 0.3) is 5.91 Å². The molecule has 2 rings (SSSR count). The minimum atomic E-state index is -0.112. The number of halogens is 1. The second-order valence-electron chi connectivity index (χ2n) is 4.38. The normalized spacial score (nSPS) is 10.9. The molecule has 2 N–H and O–H groups in total. The number of aromatic amines is 1. The summed E-state index contributed by atoms with van der Waals surface area (Å²) in [5, 5.41) is 3.75. The first-order valence-electron chi connectivity index (χ1n) is 5.68. The molecule has 0 saturated heterocycles. The zero-order chi connectivity index (χ0) is 13.3. The quantitative estimate of drug-likeness (QED) is 0.915. The van der Waals surface area contributed by atoms with Crippen LogP contribution in [0.3, 0.4) is 0 Å². The van der Waals surface area contributed by atoms with Crippen molar-refractivity contribution in [3.05, 3.63) is 28.4 Å². The van der Waals surface area contributed by atoms with E-state index in [0.29, 0.717) is 5.69 Å². The summed E-state index contributed by atoms with van der Waals surface area (Å²) in [6.45, 7) is 3.86. The van der Waals surface area contributed by atoms with Crippen LogP contribution in [-0.2, 0) is 0 Å². The summed E-state index contributed by atoms with van der Waals surface area (Å²) in [7, 11) is 1.61. The maximum Gasteiger partial charge on any atom is 0.267 e. The average molecular weight is 311 g/mol. The molecule has 0 radical (unpaired) electrons. The number of amides is 1. The maximum atomic E-state index is 11.9. The molecule has 1 heterocycles. The van der Waals surface area contributed by atoms with Gasteiger partial charge in [-0.15, -0.1) is 0 Å². The molecule has 2 aromatic rings. The molecule has 0 bridgehead atoms. The standard InChI is InChI=1S/C13H15BrN2O2/c1-7(2)15-13(17)11-6-9-10(16-11)4-8(14)5-12(9)18-3/h4-7,16H,1-3H3,(H,15,17). The largest absolute Gasteiger partial charge is 0.496 e. The van der Waals surface area contributed by atoms with E-state index in [1.54, 1.807) is 13.2 Å². The van der Waals surface area contributed by atoms with E-state index < -0.39 is 0 Å². The van der Waals surface area contributed by atoms with E-state index in [1.165, 1.54) is 0 Å². The molecule has 96 valence electrons. The summed E-state index contributed by atoms with van der Waals surface area (Å²) in [6, 6.07) is 5.71. The van der Waals surface area contributed by atoms with Gasteiger partial charge in [0.1, 0.15) is 11.4 Å². The Hall–Kier alpha value is -1.49. The molecular weight excluding hydrogens is 296 g/mol. The van der Waals surface area contributed by atoms with Crippen molar-refractivity contribution in [3.8, 4) is 5.75 Å². The van der Waals surface area contributed by atoms with Gasteiger partial charge in [0.05, 0.1) is 12.6 Å². The number of carbonyl (C=O) groups is 1. The molecule has 5 heteroatoms. The molecule has 1 aromatic carbocycles. The number of ether oxygens (including phenoxy) is 1. The Labute approximate surface area is 114 Å². The highest BCUT2D eigenvalue weighted by Gasteiger charge is 2.13. The molecule has 0 spiro atoms. The third-order valence-corrected chi connectivity index (χ3v) is 3.01. The van der Waals surface area contributed by atoms with E-state index in [4.69, 9.17) is 4.74 Å². The summed E-state index contributed by atoms with van der Waals surface area (Å²) < 4.78 is 6.21. The van der Waals surface area contributed by atoms with Gasteiger partial charge in [-0.1, -0.05) is 15.9 Å². The van der Waals surface area contributed by atoms with Gasteiger partial charge < -0.3 is 15.0 Å². The van der Waals surface area contributed by atoms with Gasteiger partial charge in [-0.05, 0) is 32.0 Å². The average Bonchev–Trinajstić information content (AvgIpc) is 2.70. The highest BCUT2D eigenvalue weighted by atomic mass is 79.9. The van der Waals surface area contributed by atoms with Crippen molar-refractivity contribution < 1.29 is 9.53 Å². The smallest absolute Gasteiger partial charge is 0.267 e. The van der Waals surface area contributed by atoms with Crippen LogP contribution in [0.5, 0.6) is 5.75 Å². The van der Waals surface area contributed by atoms with E-state index in [0.717, 1.165) is 21.1 Å². The van der Waals surface area contributed by atoms with Crippen molar-refractivity contribution in [1.29, 1.82) is 0 Å². The molecule has 18 heavy (non-hydrogen) atoms. The number of nitrogens with one attached hydrogen (secondary N) is 2. The molecule has 1 amide bonds. The lowest BCUT2D eigenvalue weighted by molar-refractivity contribution is 0.0939. The molecule has 0 aliphatic heterocycles. The van der Waals surface area contributed by atoms with Crippen molar-refractivity contribution >= 4 is 32.7 Å². The number of methoxy groups -OCH3 is 1. The van der Waals surface area contributed by atoms with Gasteiger partial charge in [0.2, 0.25) is 0 Å². The Balaban J connectivity index is 2.47. The third-order valence-electron chi connectivity index (χ3n) is 2.55. The van der Waals surface area contributed by atoms with Crippen LogP contribution in [0.2, 0.25) is 0 Å².